The topological polar surface area (TPSA) is 53.3 Å². The zero-order valence-corrected chi connectivity index (χ0v) is 14.3. The molecular weight excluding hydrogens is 276 g/mol. The molecule has 1 saturated heterocycles. The second-order valence-corrected chi connectivity index (χ2v) is 8.01. The highest BCUT2D eigenvalue weighted by Crippen LogP contribution is 2.37. The summed E-state index contributed by atoms with van der Waals surface area (Å²) in [6.45, 7) is 7.19. The van der Waals surface area contributed by atoms with Crippen LogP contribution in [-0.2, 0) is 4.74 Å². The maximum absolute atomic E-state index is 12.4. The molecule has 1 heterocycles. The number of nitriles is 1. The monoisotopic (exact) mass is 306 g/mol. The lowest BCUT2D eigenvalue weighted by Gasteiger charge is -2.41. The fourth-order valence-corrected chi connectivity index (χ4v) is 3.95. The van der Waals surface area contributed by atoms with Gasteiger partial charge in [-0.2, -0.15) is 5.26 Å². The van der Waals surface area contributed by atoms with Crippen molar-refractivity contribution in [2.45, 2.75) is 71.3 Å². The SMILES string of the molecule is CC(C)(C)OC(=O)N1CC(C2CCCCC2)C[C@@H](CC#N)C1. The summed E-state index contributed by atoms with van der Waals surface area (Å²) < 4.78 is 5.54. The van der Waals surface area contributed by atoms with E-state index in [4.69, 9.17) is 10.00 Å². The Morgan fingerprint density at radius 2 is 1.86 bits per heavy atom. The van der Waals surface area contributed by atoms with Gasteiger partial charge in [-0.05, 0) is 44.9 Å². The summed E-state index contributed by atoms with van der Waals surface area (Å²) >= 11 is 0. The third kappa shape index (κ3) is 4.90. The molecule has 1 amide bonds. The van der Waals surface area contributed by atoms with E-state index in [0.717, 1.165) is 18.9 Å². The van der Waals surface area contributed by atoms with Gasteiger partial charge in [-0.1, -0.05) is 32.1 Å². The lowest BCUT2D eigenvalue weighted by molar-refractivity contribution is 0.00286. The fourth-order valence-electron chi connectivity index (χ4n) is 3.95. The molecule has 2 aliphatic rings. The Labute approximate surface area is 134 Å². The number of likely N-dealkylation sites (tertiary alicyclic amines) is 1. The molecule has 0 aromatic carbocycles. The largest absolute Gasteiger partial charge is 0.444 e. The molecule has 4 heteroatoms. The molecule has 0 bridgehead atoms. The smallest absolute Gasteiger partial charge is 0.410 e. The molecule has 1 saturated carbocycles. The summed E-state index contributed by atoms with van der Waals surface area (Å²) in [4.78, 5) is 14.3. The van der Waals surface area contributed by atoms with E-state index in [1.807, 2.05) is 25.7 Å². The third-order valence-electron chi connectivity index (χ3n) is 4.92. The quantitative estimate of drug-likeness (QED) is 0.762. The predicted molar refractivity (Wildman–Crippen MR) is 86.2 cm³/mol. The molecule has 0 spiro atoms. The average Bonchev–Trinajstić information content (AvgIpc) is 2.46. The van der Waals surface area contributed by atoms with Gasteiger partial charge in [0, 0.05) is 19.5 Å². The number of nitrogens with zero attached hydrogens (tertiary/aromatic N) is 2. The molecule has 2 rings (SSSR count). The van der Waals surface area contributed by atoms with Crippen LogP contribution in [0.25, 0.3) is 0 Å². The van der Waals surface area contributed by atoms with Crippen molar-refractivity contribution in [2.24, 2.45) is 17.8 Å². The van der Waals surface area contributed by atoms with Crippen LogP contribution in [0.2, 0.25) is 0 Å². The molecule has 1 aliphatic heterocycles. The summed E-state index contributed by atoms with van der Waals surface area (Å²) in [5.41, 5.74) is -0.459. The highest BCUT2D eigenvalue weighted by molar-refractivity contribution is 5.68. The van der Waals surface area contributed by atoms with Crippen molar-refractivity contribution >= 4 is 6.09 Å². The van der Waals surface area contributed by atoms with Crippen molar-refractivity contribution < 1.29 is 9.53 Å². The van der Waals surface area contributed by atoms with Crippen LogP contribution >= 0.6 is 0 Å². The first-order valence-corrected chi connectivity index (χ1v) is 8.74. The van der Waals surface area contributed by atoms with E-state index < -0.39 is 5.60 Å². The van der Waals surface area contributed by atoms with Gasteiger partial charge in [-0.15, -0.1) is 0 Å². The zero-order chi connectivity index (χ0) is 16.2. The summed E-state index contributed by atoms with van der Waals surface area (Å²) in [7, 11) is 0. The number of carbonyl (C=O) groups excluding carboxylic acids is 1. The first-order valence-electron chi connectivity index (χ1n) is 8.74. The first kappa shape index (κ1) is 17.1. The summed E-state index contributed by atoms with van der Waals surface area (Å²) in [6.07, 6.45) is 7.97. The Bertz CT molecular complexity index is 416. The lowest BCUT2D eigenvalue weighted by atomic mass is 9.74. The summed E-state index contributed by atoms with van der Waals surface area (Å²) in [5.74, 6) is 1.57. The average molecular weight is 306 g/mol. The minimum atomic E-state index is -0.459. The predicted octanol–water partition coefficient (Wildman–Crippen LogP) is 4.35. The molecule has 4 nitrogen and oxygen atoms in total. The Kier molecular flexibility index (Phi) is 5.72. The van der Waals surface area contributed by atoms with E-state index in [-0.39, 0.29) is 6.09 Å². The minimum absolute atomic E-state index is 0.212. The maximum atomic E-state index is 12.4. The Morgan fingerprint density at radius 3 is 2.45 bits per heavy atom. The van der Waals surface area contributed by atoms with Gasteiger partial charge in [0.2, 0.25) is 0 Å². The van der Waals surface area contributed by atoms with Gasteiger partial charge in [0.25, 0.3) is 0 Å². The van der Waals surface area contributed by atoms with Gasteiger partial charge in [0.15, 0.2) is 0 Å². The van der Waals surface area contributed by atoms with E-state index in [9.17, 15) is 4.79 Å². The van der Waals surface area contributed by atoms with Crippen LogP contribution < -0.4 is 0 Å². The van der Waals surface area contributed by atoms with E-state index in [0.29, 0.717) is 24.8 Å². The number of piperidine rings is 1. The van der Waals surface area contributed by atoms with E-state index >= 15 is 0 Å². The molecular formula is C18H30N2O2. The minimum Gasteiger partial charge on any atom is -0.444 e. The highest BCUT2D eigenvalue weighted by Gasteiger charge is 2.36. The van der Waals surface area contributed by atoms with Crippen LogP contribution in [0.4, 0.5) is 4.79 Å². The Morgan fingerprint density at radius 1 is 1.18 bits per heavy atom. The fraction of sp³-hybridized carbons (Fsp3) is 0.889. The van der Waals surface area contributed by atoms with Crippen molar-refractivity contribution in [3.05, 3.63) is 0 Å². The summed E-state index contributed by atoms with van der Waals surface area (Å²) in [6, 6.07) is 2.29. The van der Waals surface area contributed by atoms with Crippen LogP contribution in [-0.4, -0.2) is 29.7 Å². The number of amides is 1. The second-order valence-electron chi connectivity index (χ2n) is 8.01. The number of carbonyl (C=O) groups is 1. The van der Waals surface area contributed by atoms with Crippen LogP contribution in [0.15, 0.2) is 0 Å². The van der Waals surface area contributed by atoms with Crippen LogP contribution in [0.3, 0.4) is 0 Å². The number of ether oxygens (including phenoxy) is 1. The molecule has 1 unspecified atom stereocenters. The second kappa shape index (κ2) is 7.35. The Balaban J connectivity index is 2.02. The summed E-state index contributed by atoms with van der Waals surface area (Å²) in [5, 5.41) is 9.04. The van der Waals surface area contributed by atoms with Crippen LogP contribution in [0.5, 0.6) is 0 Å². The molecule has 0 radical (unpaired) electrons. The highest BCUT2D eigenvalue weighted by atomic mass is 16.6. The molecule has 0 aromatic rings. The Hall–Kier alpha value is -1.24. The molecule has 2 atom stereocenters. The molecule has 2 fully saturated rings. The standard InChI is InChI=1S/C18H30N2O2/c1-18(2,3)22-17(21)20-12-14(9-10-19)11-16(13-20)15-7-5-4-6-8-15/h14-16H,4-9,11-13H2,1-3H3/t14-,16?/m1/s1. The molecule has 0 aromatic heterocycles. The van der Waals surface area contributed by atoms with Gasteiger partial charge >= 0.3 is 6.09 Å². The molecule has 22 heavy (non-hydrogen) atoms. The first-order chi connectivity index (χ1) is 10.4. The van der Waals surface area contributed by atoms with Gasteiger partial charge < -0.3 is 9.64 Å². The van der Waals surface area contributed by atoms with Crippen LogP contribution in [0, 0.1) is 29.1 Å². The van der Waals surface area contributed by atoms with Crippen molar-refractivity contribution in [3.8, 4) is 6.07 Å². The number of hydrogen-bond donors (Lipinski definition) is 0. The normalized spacial score (nSPS) is 27.3. The van der Waals surface area contributed by atoms with Crippen LogP contribution in [0.1, 0.15) is 65.7 Å². The lowest BCUT2D eigenvalue weighted by Crippen LogP contribution is -2.47. The third-order valence-corrected chi connectivity index (χ3v) is 4.92. The number of rotatable bonds is 2. The van der Waals surface area contributed by atoms with E-state index in [1.54, 1.807) is 0 Å². The van der Waals surface area contributed by atoms with Crippen molar-refractivity contribution in [3.63, 3.8) is 0 Å². The van der Waals surface area contributed by atoms with Gasteiger partial charge in [-0.3, -0.25) is 0 Å². The van der Waals surface area contributed by atoms with Gasteiger partial charge in [0.1, 0.15) is 5.60 Å². The van der Waals surface area contributed by atoms with Crippen molar-refractivity contribution in [1.82, 2.24) is 4.90 Å². The maximum Gasteiger partial charge on any atom is 0.410 e. The van der Waals surface area contributed by atoms with E-state index in [1.165, 1.54) is 32.1 Å². The molecule has 0 N–H and O–H groups in total. The van der Waals surface area contributed by atoms with E-state index in [2.05, 4.69) is 6.07 Å². The molecule has 124 valence electrons. The van der Waals surface area contributed by atoms with Gasteiger partial charge in [-0.25, -0.2) is 4.79 Å². The number of hydrogen-bond acceptors (Lipinski definition) is 3. The van der Waals surface area contributed by atoms with Crippen molar-refractivity contribution in [1.29, 1.82) is 5.26 Å². The van der Waals surface area contributed by atoms with Crippen molar-refractivity contribution in [2.75, 3.05) is 13.1 Å². The molecule has 1 aliphatic carbocycles. The zero-order valence-electron chi connectivity index (χ0n) is 14.3. The van der Waals surface area contributed by atoms with Gasteiger partial charge in [0.05, 0.1) is 6.07 Å².